The number of aryl methyl sites for hydroxylation is 1. The lowest BCUT2D eigenvalue weighted by molar-refractivity contribution is -0.384. The van der Waals surface area contributed by atoms with Crippen molar-refractivity contribution in [3.8, 4) is 0 Å². The number of benzene rings is 1. The predicted molar refractivity (Wildman–Crippen MR) is 75.9 cm³/mol. The molecule has 0 spiro atoms. The molecule has 6 nitrogen and oxygen atoms in total. The van der Waals surface area contributed by atoms with Crippen LogP contribution >= 0.6 is 12.4 Å². The smallest absolute Gasteiger partial charge is 0.270 e. The third-order valence-electron chi connectivity index (χ3n) is 2.60. The van der Waals surface area contributed by atoms with Gasteiger partial charge in [0.15, 0.2) is 0 Å². The van der Waals surface area contributed by atoms with Gasteiger partial charge in [-0.3, -0.25) is 14.9 Å². The van der Waals surface area contributed by atoms with E-state index in [0.29, 0.717) is 17.7 Å². The molecule has 0 aliphatic heterocycles. The Morgan fingerprint density at radius 2 is 2.05 bits per heavy atom. The van der Waals surface area contributed by atoms with E-state index in [-0.39, 0.29) is 30.0 Å². The summed E-state index contributed by atoms with van der Waals surface area (Å²) < 4.78 is 0. The summed E-state index contributed by atoms with van der Waals surface area (Å²) in [5, 5.41) is 16.4. The fourth-order valence-corrected chi connectivity index (χ4v) is 1.45. The Labute approximate surface area is 118 Å². The van der Waals surface area contributed by atoms with Crippen LogP contribution in [0.25, 0.3) is 0 Å². The van der Waals surface area contributed by atoms with Crippen LogP contribution in [0.5, 0.6) is 0 Å². The van der Waals surface area contributed by atoms with Crippen LogP contribution in [0.1, 0.15) is 22.8 Å². The van der Waals surface area contributed by atoms with E-state index in [1.165, 1.54) is 12.1 Å². The van der Waals surface area contributed by atoms with Gasteiger partial charge in [-0.15, -0.1) is 12.4 Å². The van der Waals surface area contributed by atoms with Crippen molar-refractivity contribution in [2.24, 2.45) is 0 Å². The summed E-state index contributed by atoms with van der Waals surface area (Å²) in [5.74, 6) is -0.302. The minimum atomic E-state index is -0.500. The van der Waals surface area contributed by atoms with Crippen molar-refractivity contribution >= 4 is 24.0 Å². The highest BCUT2D eigenvalue weighted by molar-refractivity contribution is 5.95. The number of nitro groups is 1. The number of non-ortho nitro benzene ring substituents is 1. The highest BCUT2D eigenvalue weighted by atomic mass is 35.5. The molecule has 1 aromatic rings. The summed E-state index contributed by atoms with van der Waals surface area (Å²) >= 11 is 0. The SMILES string of the molecule is CNC(C)CNC(=O)c1cc(C)cc([N+](=O)[O-])c1.Cl. The number of halogens is 1. The van der Waals surface area contributed by atoms with E-state index >= 15 is 0 Å². The van der Waals surface area contributed by atoms with Crippen LogP contribution in [-0.2, 0) is 0 Å². The summed E-state index contributed by atoms with van der Waals surface area (Å²) in [4.78, 5) is 22.0. The summed E-state index contributed by atoms with van der Waals surface area (Å²) in [6, 6.07) is 4.50. The van der Waals surface area contributed by atoms with Crippen molar-refractivity contribution in [3.05, 3.63) is 39.4 Å². The van der Waals surface area contributed by atoms with Crippen LogP contribution in [0.3, 0.4) is 0 Å². The molecule has 1 amide bonds. The highest BCUT2D eigenvalue weighted by Gasteiger charge is 2.13. The van der Waals surface area contributed by atoms with Crippen molar-refractivity contribution in [1.82, 2.24) is 10.6 Å². The number of carbonyl (C=O) groups excluding carboxylic acids is 1. The third-order valence-corrected chi connectivity index (χ3v) is 2.60. The van der Waals surface area contributed by atoms with Gasteiger partial charge in [-0.25, -0.2) is 0 Å². The second-order valence-corrected chi connectivity index (χ2v) is 4.21. The number of hydrogen-bond donors (Lipinski definition) is 2. The molecule has 0 saturated heterocycles. The molecule has 0 heterocycles. The molecule has 1 rings (SSSR count). The van der Waals surface area contributed by atoms with E-state index in [9.17, 15) is 14.9 Å². The van der Waals surface area contributed by atoms with Crippen molar-refractivity contribution in [2.45, 2.75) is 19.9 Å². The van der Waals surface area contributed by atoms with Crippen molar-refractivity contribution < 1.29 is 9.72 Å². The molecular formula is C12H18ClN3O3. The van der Waals surface area contributed by atoms with Gasteiger partial charge in [0.1, 0.15) is 0 Å². The third kappa shape index (κ3) is 5.23. The highest BCUT2D eigenvalue weighted by Crippen LogP contribution is 2.16. The Kier molecular flexibility index (Phi) is 7.03. The number of hydrogen-bond acceptors (Lipinski definition) is 4. The molecule has 106 valence electrons. The van der Waals surface area contributed by atoms with Gasteiger partial charge in [-0.2, -0.15) is 0 Å². The number of likely N-dealkylation sites (N-methyl/N-ethyl adjacent to an activating group) is 1. The standard InChI is InChI=1S/C12H17N3O3.ClH/c1-8-4-10(6-11(5-8)15(17)18)12(16)14-7-9(2)13-3;/h4-6,9,13H,7H2,1-3H3,(H,14,16);1H. The van der Waals surface area contributed by atoms with E-state index in [1.54, 1.807) is 20.0 Å². The summed E-state index contributed by atoms with van der Waals surface area (Å²) in [5.41, 5.74) is 0.933. The van der Waals surface area contributed by atoms with Crippen LogP contribution in [0.4, 0.5) is 5.69 Å². The van der Waals surface area contributed by atoms with Gasteiger partial charge < -0.3 is 10.6 Å². The lowest BCUT2D eigenvalue weighted by Gasteiger charge is -2.11. The summed E-state index contributed by atoms with van der Waals surface area (Å²) in [6.07, 6.45) is 0. The van der Waals surface area contributed by atoms with E-state index < -0.39 is 4.92 Å². The molecule has 19 heavy (non-hydrogen) atoms. The van der Waals surface area contributed by atoms with E-state index in [2.05, 4.69) is 10.6 Å². The molecule has 0 saturated carbocycles. The number of carbonyl (C=O) groups is 1. The van der Waals surface area contributed by atoms with Gasteiger partial charge in [0, 0.05) is 30.3 Å². The van der Waals surface area contributed by atoms with Crippen molar-refractivity contribution in [3.63, 3.8) is 0 Å². The topological polar surface area (TPSA) is 84.3 Å². The molecule has 0 radical (unpaired) electrons. The monoisotopic (exact) mass is 287 g/mol. The Balaban J connectivity index is 0.00000324. The molecule has 1 aromatic carbocycles. The first-order valence-corrected chi connectivity index (χ1v) is 5.65. The summed E-state index contributed by atoms with van der Waals surface area (Å²) in [7, 11) is 1.80. The molecule has 0 aromatic heterocycles. The van der Waals surface area contributed by atoms with E-state index in [0.717, 1.165) is 0 Å². The molecule has 0 fully saturated rings. The average molecular weight is 288 g/mol. The number of nitro benzene ring substituents is 1. The van der Waals surface area contributed by atoms with Crippen LogP contribution in [0.15, 0.2) is 18.2 Å². The minimum Gasteiger partial charge on any atom is -0.350 e. The summed E-state index contributed by atoms with van der Waals surface area (Å²) in [6.45, 7) is 4.12. The second-order valence-electron chi connectivity index (χ2n) is 4.21. The van der Waals surface area contributed by atoms with Crippen LogP contribution in [-0.4, -0.2) is 30.5 Å². The molecule has 7 heteroatoms. The van der Waals surface area contributed by atoms with E-state index in [4.69, 9.17) is 0 Å². The van der Waals surface area contributed by atoms with Gasteiger partial charge in [-0.05, 0) is 32.5 Å². The van der Waals surface area contributed by atoms with Crippen molar-refractivity contribution in [1.29, 1.82) is 0 Å². The quantitative estimate of drug-likeness (QED) is 0.637. The van der Waals surface area contributed by atoms with E-state index in [1.807, 2.05) is 6.92 Å². The Hall–Kier alpha value is -1.66. The molecule has 0 aliphatic rings. The zero-order chi connectivity index (χ0) is 13.7. The normalized spacial score (nSPS) is 11.3. The maximum absolute atomic E-state index is 11.8. The molecule has 2 N–H and O–H groups in total. The maximum Gasteiger partial charge on any atom is 0.270 e. The number of nitrogens with zero attached hydrogens (tertiary/aromatic N) is 1. The van der Waals surface area contributed by atoms with Crippen LogP contribution in [0, 0.1) is 17.0 Å². The van der Waals surface area contributed by atoms with Gasteiger partial charge in [0.2, 0.25) is 0 Å². The Morgan fingerprint density at radius 3 is 2.58 bits per heavy atom. The predicted octanol–water partition coefficient (Wildman–Crippen LogP) is 1.66. The fraction of sp³-hybridized carbons (Fsp3) is 0.417. The number of nitrogens with one attached hydrogen (secondary N) is 2. The molecule has 1 atom stereocenters. The van der Waals surface area contributed by atoms with Gasteiger partial charge >= 0.3 is 0 Å². The molecule has 0 aliphatic carbocycles. The molecule has 1 unspecified atom stereocenters. The van der Waals surface area contributed by atoms with Crippen molar-refractivity contribution in [2.75, 3.05) is 13.6 Å². The lowest BCUT2D eigenvalue weighted by Crippen LogP contribution is -2.37. The minimum absolute atomic E-state index is 0. The number of rotatable bonds is 5. The first-order valence-electron chi connectivity index (χ1n) is 5.65. The Morgan fingerprint density at radius 1 is 1.42 bits per heavy atom. The van der Waals surface area contributed by atoms with Gasteiger partial charge in [-0.1, -0.05) is 0 Å². The lowest BCUT2D eigenvalue weighted by atomic mass is 10.1. The van der Waals surface area contributed by atoms with Gasteiger partial charge in [0.25, 0.3) is 11.6 Å². The molecule has 0 bridgehead atoms. The molecular weight excluding hydrogens is 270 g/mol. The number of amides is 1. The first-order chi connectivity index (χ1) is 8.43. The second kappa shape index (κ2) is 7.70. The zero-order valence-corrected chi connectivity index (χ0v) is 11.9. The fourth-order valence-electron chi connectivity index (χ4n) is 1.45. The van der Waals surface area contributed by atoms with Gasteiger partial charge in [0.05, 0.1) is 4.92 Å². The largest absolute Gasteiger partial charge is 0.350 e. The van der Waals surface area contributed by atoms with Crippen LogP contribution < -0.4 is 10.6 Å². The Bertz CT molecular complexity index is 466. The average Bonchev–Trinajstić information content (AvgIpc) is 2.34. The van der Waals surface area contributed by atoms with Crippen LogP contribution in [0.2, 0.25) is 0 Å². The first kappa shape index (κ1) is 17.3. The maximum atomic E-state index is 11.8. The zero-order valence-electron chi connectivity index (χ0n) is 11.1.